The van der Waals surface area contributed by atoms with Crippen LogP contribution in [-0.4, -0.2) is 34.5 Å². The fourth-order valence-corrected chi connectivity index (χ4v) is 1.90. The maximum absolute atomic E-state index is 5.75. The standard InChI is InChI=1S/C13H20N4/c1-10(14)5-6-17(2)8-11-3-4-12-13(7-11)16-9-15-12/h3-4,7,9-10H,5-6,8,14H2,1-2H3,(H,15,16). The summed E-state index contributed by atoms with van der Waals surface area (Å²) < 4.78 is 0. The lowest BCUT2D eigenvalue weighted by Gasteiger charge is -2.17. The third-order valence-electron chi connectivity index (χ3n) is 2.90. The van der Waals surface area contributed by atoms with Crippen molar-refractivity contribution in [1.82, 2.24) is 14.9 Å². The summed E-state index contributed by atoms with van der Waals surface area (Å²) in [6, 6.07) is 6.61. The first-order valence-corrected chi connectivity index (χ1v) is 6.01. The monoisotopic (exact) mass is 232 g/mol. The van der Waals surface area contributed by atoms with Crippen molar-refractivity contribution in [2.24, 2.45) is 5.73 Å². The fourth-order valence-electron chi connectivity index (χ4n) is 1.90. The number of benzene rings is 1. The molecule has 0 aliphatic heterocycles. The largest absolute Gasteiger partial charge is 0.345 e. The number of rotatable bonds is 5. The molecule has 1 aromatic heterocycles. The topological polar surface area (TPSA) is 57.9 Å². The highest BCUT2D eigenvalue weighted by molar-refractivity contribution is 5.74. The Morgan fingerprint density at radius 3 is 3.06 bits per heavy atom. The molecule has 1 heterocycles. The van der Waals surface area contributed by atoms with Crippen molar-refractivity contribution < 1.29 is 0 Å². The number of imidazole rings is 1. The van der Waals surface area contributed by atoms with Crippen LogP contribution in [0.4, 0.5) is 0 Å². The smallest absolute Gasteiger partial charge is 0.0931 e. The van der Waals surface area contributed by atoms with Crippen LogP contribution >= 0.6 is 0 Å². The van der Waals surface area contributed by atoms with Crippen molar-refractivity contribution in [2.45, 2.75) is 25.9 Å². The van der Waals surface area contributed by atoms with E-state index in [9.17, 15) is 0 Å². The van der Waals surface area contributed by atoms with Gasteiger partial charge in [0.2, 0.25) is 0 Å². The molecule has 4 heteroatoms. The normalized spacial score (nSPS) is 13.4. The van der Waals surface area contributed by atoms with Crippen LogP contribution in [-0.2, 0) is 6.54 Å². The van der Waals surface area contributed by atoms with E-state index in [4.69, 9.17) is 5.73 Å². The van der Waals surface area contributed by atoms with Gasteiger partial charge in [-0.15, -0.1) is 0 Å². The molecule has 17 heavy (non-hydrogen) atoms. The van der Waals surface area contributed by atoms with E-state index in [-0.39, 0.29) is 6.04 Å². The Kier molecular flexibility index (Phi) is 3.76. The van der Waals surface area contributed by atoms with Gasteiger partial charge < -0.3 is 15.6 Å². The molecule has 0 fully saturated rings. The highest BCUT2D eigenvalue weighted by Crippen LogP contribution is 2.13. The number of fused-ring (bicyclic) bond motifs is 1. The lowest BCUT2D eigenvalue weighted by molar-refractivity contribution is 0.313. The lowest BCUT2D eigenvalue weighted by atomic mass is 10.2. The van der Waals surface area contributed by atoms with Crippen LogP contribution in [0.15, 0.2) is 24.5 Å². The van der Waals surface area contributed by atoms with Gasteiger partial charge in [0.25, 0.3) is 0 Å². The molecule has 0 bridgehead atoms. The first kappa shape index (κ1) is 12.1. The average Bonchev–Trinajstić information content (AvgIpc) is 2.73. The minimum atomic E-state index is 0.271. The molecule has 0 saturated carbocycles. The van der Waals surface area contributed by atoms with Crippen molar-refractivity contribution in [1.29, 1.82) is 0 Å². The average molecular weight is 232 g/mol. The maximum atomic E-state index is 5.75. The molecule has 1 unspecified atom stereocenters. The zero-order valence-corrected chi connectivity index (χ0v) is 10.5. The molecule has 0 saturated heterocycles. The van der Waals surface area contributed by atoms with Crippen LogP contribution in [0.1, 0.15) is 18.9 Å². The van der Waals surface area contributed by atoms with Gasteiger partial charge in [0.15, 0.2) is 0 Å². The van der Waals surface area contributed by atoms with Crippen molar-refractivity contribution in [3.05, 3.63) is 30.1 Å². The summed E-state index contributed by atoms with van der Waals surface area (Å²) >= 11 is 0. The summed E-state index contributed by atoms with van der Waals surface area (Å²) in [4.78, 5) is 9.64. The summed E-state index contributed by atoms with van der Waals surface area (Å²) in [7, 11) is 2.12. The highest BCUT2D eigenvalue weighted by atomic mass is 15.1. The van der Waals surface area contributed by atoms with E-state index in [1.54, 1.807) is 6.33 Å². The van der Waals surface area contributed by atoms with Gasteiger partial charge in [0, 0.05) is 12.6 Å². The van der Waals surface area contributed by atoms with Gasteiger partial charge in [-0.2, -0.15) is 0 Å². The van der Waals surface area contributed by atoms with E-state index in [1.165, 1.54) is 5.56 Å². The Hall–Kier alpha value is -1.39. The maximum Gasteiger partial charge on any atom is 0.0931 e. The molecule has 4 nitrogen and oxygen atoms in total. The van der Waals surface area contributed by atoms with Crippen LogP contribution in [0, 0.1) is 0 Å². The van der Waals surface area contributed by atoms with Crippen molar-refractivity contribution in [3.8, 4) is 0 Å². The first-order valence-electron chi connectivity index (χ1n) is 6.01. The molecule has 1 atom stereocenters. The van der Waals surface area contributed by atoms with Crippen LogP contribution in [0.2, 0.25) is 0 Å². The Bertz CT molecular complexity index is 475. The van der Waals surface area contributed by atoms with Crippen LogP contribution in [0.25, 0.3) is 11.0 Å². The molecular formula is C13H20N4. The van der Waals surface area contributed by atoms with Crippen LogP contribution in [0.3, 0.4) is 0 Å². The van der Waals surface area contributed by atoms with Gasteiger partial charge in [0.1, 0.15) is 0 Å². The minimum Gasteiger partial charge on any atom is -0.345 e. The second kappa shape index (κ2) is 5.29. The van der Waals surface area contributed by atoms with Crippen molar-refractivity contribution in [3.63, 3.8) is 0 Å². The fraction of sp³-hybridized carbons (Fsp3) is 0.462. The van der Waals surface area contributed by atoms with Gasteiger partial charge in [0.05, 0.1) is 17.4 Å². The second-order valence-electron chi connectivity index (χ2n) is 4.76. The summed E-state index contributed by atoms with van der Waals surface area (Å²) in [6.07, 6.45) is 2.76. The molecule has 3 N–H and O–H groups in total. The zero-order valence-electron chi connectivity index (χ0n) is 10.5. The lowest BCUT2D eigenvalue weighted by Crippen LogP contribution is -2.25. The summed E-state index contributed by atoms with van der Waals surface area (Å²) in [5, 5.41) is 0. The molecule has 0 amide bonds. The number of nitrogens with one attached hydrogen (secondary N) is 1. The highest BCUT2D eigenvalue weighted by Gasteiger charge is 2.03. The summed E-state index contributed by atoms with van der Waals surface area (Å²) in [6.45, 7) is 4.02. The van der Waals surface area contributed by atoms with Crippen LogP contribution < -0.4 is 5.73 Å². The predicted molar refractivity (Wildman–Crippen MR) is 70.7 cm³/mol. The molecular weight excluding hydrogens is 212 g/mol. The number of hydrogen-bond donors (Lipinski definition) is 2. The molecule has 1 aromatic carbocycles. The van der Waals surface area contributed by atoms with E-state index in [1.807, 2.05) is 6.92 Å². The number of aromatic amines is 1. The molecule has 0 aliphatic carbocycles. The Balaban J connectivity index is 1.97. The van der Waals surface area contributed by atoms with E-state index < -0.39 is 0 Å². The third kappa shape index (κ3) is 3.28. The first-order chi connectivity index (χ1) is 8.15. The number of H-pyrrole nitrogens is 1. The molecule has 2 aromatic rings. The number of nitrogens with zero attached hydrogens (tertiary/aromatic N) is 2. The van der Waals surface area contributed by atoms with Crippen molar-refractivity contribution in [2.75, 3.05) is 13.6 Å². The SMILES string of the molecule is CC(N)CCN(C)Cc1ccc2nc[nH]c2c1. The van der Waals surface area contributed by atoms with Gasteiger partial charge in [-0.05, 0) is 44.6 Å². The van der Waals surface area contributed by atoms with E-state index in [0.717, 1.165) is 30.5 Å². The third-order valence-corrected chi connectivity index (χ3v) is 2.90. The van der Waals surface area contributed by atoms with E-state index in [2.05, 4.69) is 40.1 Å². The minimum absolute atomic E-state index is 0.271. The molecule has 0 aliphatic rings. The van der Waals surface area contributed by atoms with Crippen molar-refractivity contribution >= 4 is 11.0 Å². The zero-order chi connectivity index (χ0) is 12.3. The van der Waals surface area contributed by atoms with E-state index >= 15 is 0 Å². The van der Waals surface area contributed by atoms with Gasteiger partial charge in [-0.3, -0.25) is 0 Å². The quantitative estimate of drug-likeness (QED) is 0.825. The van der Waals surface area contributed by atoms with Crippen LogP contribution in [0.5, 0.6) is 0 Å². The molecule has 2 rings (SSSR count). The Morgan fingerprint density at radius 1 is 1.47 bits per heavy atom. The number of nitrogens with two attached hydrogens (primary N) is 1. The molecule has 0 radical (unpaired) electrons. The Morgan fingerprint density at radius 2 is 2.29 bits per heavy atom. The number of hydrogen-bond acceptors (Lipinski definition) is 3. The number of aromatic nitrogens is 2. The predicted octanol–water partition coefficient (Wildman–Crippen LogP) is 1.73. The van der Waals surface area contributed by atoms with E-state index in [0.29, 0.717) is 0 Å². The Labute approximate surface area is 102 Å². The second-order valence-corrected chi connectivity index (χ2v) is 4.76. The molecule has 92 valence electrons. The molecule has 0 spiro atoms. The summed E-state index contributed by atoms with van der Waals surface area (Å²) in [5.74, 6) is 0. The van der Waals surface area contributed by atoms with Gasteiger partial charge in [-0.1, -0.05) is 6.07 Å². The summed E-state index contributed by atoms with van der Waals surface area (Å²) in [5.41, 5.74) is 9.18. The van der Waals surface area contributed by atoms with Gasteiger partial charge in [-0.25, -0.2) is 4.98 Å². The van der Waals surface area contributed by atoms with Gasteiger partial charge >= 0.3 is 0 Å².